The van der Waals surface area contributed by atoms with Crippen molar-refractivity contribution in [3.8, 4) is 11.5 Å². The summed E-state index contributed by atoms with van der Waals surface area (Å²) in [5, 5.41) is 15.0. The summed E-state index contributed by atoms with van der Waals surface area (Å²) >= 11 is 6.00. The van der Waals surface area contributed by atoms with E-state index < -0.39 is 5.91 Å². The maximum absolute atomic E-state index is 13.1. The first-order valence-corrected chi connectivity index (χ1v) is 15.4. The number of carbonyl (C=O) groups is 2. The molecule has 5 rings (SSSR count). The predicted molar refractivity (Wildman–Crippen MR) is 169 cm³/mol. The van der Waals surface area contributed by atoms with Crippen LogP contribution in [0.4, 0.5) is 11.6 Å². The monoisotopic (exact) mass is 651 g/mol. The van der Waals surface area contributed by atoms with E-state index in [0.717, 1.165) is 36.2 Å². The van der Waals surface area contributed by atoms with Crippen LogP contribution in [0.1, 0.15) is 47.5 Å². The molecule has 4 aromatic rings. The fourth-order valence-corrected chi connectivity index (χ4v) is 5.65. The number of aromatic nitrogens is 5. The maximum atomic E-state index is 13.1. The number of carbonyl (C=O) groups excluding carboxylic acids is 2. The van der Waals surface area contributed by atoms with Gasteiger partial charge in [-0.15, -0.1) is 0 Å². The molecule has 3 aromatic heterocycles. The zero-order valence-corrected chi connectivity index (χ0v) is 26.8. The molecule has 2 amide bonds. The lowest BCUT2D eigenvalue weighted by atomic mass is 10.0. The summed E-state index contributed by atoms with van der Waals surface area (Å²) in [5.41, 5.74) is 14.3. The molecule has 1 saturated heterocycles. The van der Waals surface area contributed by atoms with Gasteiger partial charge < -0.3 is 36.3 Å². The lowest BCUT2D eigenvalue weighted by Crippen LogP contribution is -2.44. The number of hydrogen-bond donors (Lipinski definition) is 3. The van der Waals surface area contributed by atoms with E-state index in [1.165, 1.54) is 11.0 Å². The number of rotatable bonds is 11. The topological polar surface area (TPSA) is 190 Å². The van der Waals surface area contributed by atoms with Gasteiger partial charge in [0.1, 0.15) is 12.3 Å². The molecule has 5 N–H and O–H groups in total. The number of anilines is 2. The van der Waals surface area contributed by atoms with Crippen LogP contribution in [0.2, 0.25) is 5.15 Å². The third kappa shape index (κ3) is 7.23. The maximum Gasteiger partial charge on any atom is 0.277 e. The molecule has 1 aromatic carbocycles. The van der Waals surface area contributed by atoms with Crippen LogP contribution in [-0.4, -0.2) is 63.1 Å². The Kier molecular flexibility index (Phi) is 10.1. The van der Waals surface area contributed by atoms with E-state index in [9.17, 15) is 14.7 Å². The molecule has 1 aliphatic rings. The van der Waals surface area contributed by atoms with Gasteiger partial charge in [-0.3, -0.25) is 14.6 Å². The molecule has 0 bridgehead atoms. The average Bonchev–Trinajstić information content (AvgIpc) is 3.33. The van der Waals surface area contributed by atoms with Gasteiger partial charge in [-0.05, 0) is 44.9 Å². The highest BCUT2D eigenvalue weighted by Crippen LogP contribution is 2.24. The number of pyridine rings is 1. The van der Waals surface area contributed by atoms with Gasteiger partial charge in [-0.2, -0.15) is 0 Å². The summed E-state index contributed by atoms with van der Waals surface area (Å²) in [5.74, 6) is 0.546. The third-order valence-corrected chi connectivity index (χ3v) is 8.30. The van der Waals surface area contributed by atoms with Gasteiger partial charge in [0.05, 0.1) is 25.3 Å². The first-order valence-electron chi connectivity index (χ1n) is 15.0. The number of likely N-dealkylation sites (N-methyl/N-ethyl adjacent to an activating group) is 1. The summed E-state index contributed by atoms with van der Waals surface area (Å²) in [6.07, 6.45) is 1.85. The summed E-state index contributed by atoms with van der Waals surface area (Å²) < 4.78 is 15.8. The Morgan fingerprint density at radius 1 is 1.17 bits per heavy atom. The van der Waals surface area contributed by atoms with E-state index in [4.69, 9.17) is 32.5 Å². The first-order chi connectivity index (χ1) is 22.0. The second kappa shape index (κ2) is 14.2. The Morgan fingerprint density at radius 3 is 2.67 bits per heavy atom. The second-order valence-electron chi connectivity index (χ2n) is 11.2. The molecule has 4 heterocycles. The smallest absolute Gasteiger partial charge is 0.277 e. The fourth-order valence-electron chi connectivity index (χ4n) is 5.53. The van der Waals surface area contributed by atoms with Crippen LogP contribution in [0, 0.1) is 12.8 Å². The van der Waals surface area contributed by atoms with E-state index in [2.05, 4.69) is 29.4 Å². The SMILES string of the molecule is CCn1c(CNC(=O)c2nc(Cl)c(N)nc2N)[n+](CC2CCOCC2)c2ccc(OCC(=O)N(C)Cc3nc(C)ccc3[O-])cc21. The normalized spacial score (nSPS) is 13.6. The summed E-state index contributed by atoms with van der Waals surface area (Å²) in [6.45, 7) is 6.59. The number of benzene rings is 1. The number of nitrogens with one attached hydrogen (secondary N) is 1. The third-order valence-electron chi connectivity index (χ3n) is 8.02. The molecular formula is C31H38ClN9O5. The standard InChI is InChI=1S/C31H38ClN9O5/c1-4-40-23-13-20(46-17-26(43)39(3)16-21-24(42)8-5-18(2)36-21)6-7-22(23)41(15-19-9-11-45-12-10-19)25(40)14-35-31(44)27-29(33)38-30(34)28(32)37-27/h5-8,13,19H,4,9-12,14-17H2,1-3H3,(H5-,33,34,35,38,42,44). The van der Waals surface area contributed by atoms with Crippen molar-refractivity contribution in [2.24, 2.45) is 5.92 Å². The van der Waals surface area contributed by atoms with Crippen LogP contribution in [0.15, 0.2) is 30.3 Å². The van der Waals surface area contributed by atoms with Crippen LogP contribution in [0.5, 0.6) is 11.5 Å². The highest BCUT2D eigenvalue weighted by atomic mass is 35.5. The quantitative estimate of drug-likeness (QED) is 0.201. The fraction of sp³-hybridized carbons (Fsp3) is 0.419. The number of nitrogens with zero attached hydrogens (tertiary/aromatic N) is 6. The van der Waals surface area contributed by atoms with Crippen molar-refractivity contribution >= 4 is 46.1 Å². The molecule has 0 unspecified atom stereocenters. The second-order valence-corrected chi connectivity index (χ2v) is 11.6. The van der Waals surface area contributed by atoms with Crippen molar-refractivity contribution in [1.82, 2.24) is 29.7 Å². The van der Waals surface area contributed by atoms with Crippen molar-refractivity contribution < 1.29 is 28.7 Å². The minimum absolute atomic E-state index is 0.0534. The minimum Gasteiger partial charge on any atom is -0.871 e. The van der Waals surface area contributed by atoms with E-state index in [1.807, 2.05) is 25.1 Å². The molecule has 0 saturated carbocycles. The highest BCUT2D eigenvalue weighted by Gasteiger charge is 2.29. The van der Waals surface area contributed by atoms with E-state index in [1.54, 1.807) is 20.0 Å². The summed E-state index contributed by atoms with van der Waals surface area (Å²) in [4.78, 5) is 39.6. The largest absolute Gasteiger partial charge is 0.871 e. The first kappa shape index (κ1) is 32.7. The van der Waals surface area contributed by atoms with Gasteiger partial charge in [-0.25, -0.2) is 19.1 Å². The van der Waals surface area contributed by atoms with Gasteiger partial charge in [-0.1, -0.05) is 23.4 Å². The summed E-state index contributed by atoms with van der Waals surface area (Å²) in [7, 11) is 1.61. The van der Waals surface area contributed by atoms with Crippen LogP contribution in [0.3, 0.4) is 0 Å². The van der Waals surface area contributed by atoms with Crippen LogP contribution in [-0.2, 0) is 35.7 Å². The number of nitrogen functional groups attached to an aromatic ring is 2. The zero-order valence-electron chi connectivity index (χ0n) is 26.1. The Balaban J connectivity index is 1.38. The highest BCUT2D eigenvalue weighted by molar-refractivity contribution is 6.31. The molecule has 244 valence electrons. The number of nitrogens with two attached hydrogens (primary N) is 2. The molecule has 0 spiro atoms. The van der Waals surface area contributed by atoms with E-state index in [-0.39, 0.29) is 53.8 Å². The number of halogens is 1. The van der Waals surface area contributed by atoms with Crippen molar-refractivity contribution in [3.63, 3.8) is 0 Å². The molecular weight excluding hydrogens is 614 g/mol. The van der Waals surface area contributed by atoms with E-state index in [0.29, 0.717) is 42.8 Å². The van der Waals surface area contributed by atoms with Crippen LogP contribution >= 0.6 is 11.6 Å². The molecule has 14 nitrogen and oxygen atoms in total. The lowest BCUT2D eigenvalue weighted by molar-refractivity contribution is -0.687. The molecule has 0 atom stereocenters. The Hall–Kier alpha value is -4.69. The molecule has 1 aliphatic heterocycles. The summed E-state index contributed by atoms with van der Waals surface area (Å²) in [6, 6.07) is 8.77. The zero-order chi connectivity index (χ0) is 33.0. The molecule has 1 fully saturated rings. The van der Waals surface area contributed by atoms with Gasteiger partial charge in [0.25, 0.3) is 17.6 Å². The number of hydrogen-bond acceptors (Lipinski definition) is 10. The number of ether oxygens (including phenoxy) is 2. The Labute approximate surface area is 271 Å². The molecule has 0 aliphatic carbocycles. The molecule has 0 radical (unpaired) electrons. The number of amides is 2. The van der Waals surface area contributed by atoms with Crippen LogP contribution < -0.4 is 31.2 Å². The van der Waals surface area contributed by atoms with Gasteiger partial charge in [0, 0.05) is 37.9 Å². The van der Waals surface area contributed by atoms with E-state index >= 15 is 0 Å². The minimum atomic E-state index is -0.533. The Morgan fingerprint density at radius 2 is 1.93 bits per heavy atom. The lowest BCUT2D eigenvalue weighted by Gasteiger charge is -2.21. The van der Waals surface area contributed by atoms with Crippen LogP contribution in [0.25, 0.3) is 11.0 Å². The van der Waals surface area contributed by atoms with Gasteiger partial charge in [0.15, 0.2) is 40.1 Å². The molecule has 15 heteroatoms. The van der Waals surface area contributed by atoms with Gasteiger partial charge >= 0.3 is 0 Å². The van der Waals surface area contributed by atoms with Crippen molar-refractivity contribution in [3.05, 3.63) is 58.4 Å². The van der Waals surface area contributed by atoms with Crippen molar-refractivity contribution in [2.75, 3.05) is 38.3 Å². The number of imidazole rings is 1. The average molecular weight is 652 g/mol. The number of fused-ring (bicyclic) bond motifs is 1. The molecule has 46 heavy (non-hydrogen) atoms. The van der Waals surface area contributed by atoms with Crippen molar-refractivity contribution in [2.45, 2.75) is 52.9 Å². The van der Waals surface area contributed by atoms with Crippen molar-refractivity contribution in [1.29, 1.82) is 0 Å². The van der Waals surface area contributed by atoms with Gasteiger partial charge in [0.2, 0.25) is 0 Å². The number of aryl methyl sites for hydroxylation is 2. The Bertz CT molecular complexity index is 1760. The predicted octanol–water partition coefficient (Wildman–Crippen LogP) is 1.73.